The number of rotatable bonds is 5. The molecule has 3 heterocycles. The summed E-state index contributed by atoms with van der Waals surface area (Å²) in [5, 5.41) is 9.12. The van der Waals surface area contributed by atoms with Gasteiger partial charge in [0.1, 0.15) is 22.3 Å². The van der Waals surface area contributed by atoms with E-state index in [9.17, 15) is 0 Å². The Balaban J connectivity index is 1.13. The summed E-state index contributed by atoms with van der Waals surface area (Å²) >= 11 is 0. The Morgan fingerprint density at radius 3 is 1.75 bits per heavy atom. The second-order valence-electron chi connectivity index (χ2n) is 14.4. The second-order valence-corrected chi connectivity index (χ2v) is 14.4. The topological polar surface area (TPSA) is 34.5 Å². The lowest BCUT2D eigenvalue weighted by atomic mass is 9.96. The fraction of sp³-hybridized carbons (Fsp3) is 0. The second kappa shape index (κ2) is 12.0. The number of aromatic nitrogens is 1. The van der Waals surface area contributed by atoms with E-state index in [4.69, 9.17) is 8.83 Å². The molecule has 0 saturated carbocycles. The molecule has 0 aliphatic carbocycles. The molecule has 0 atom stereocenters. The van der Waals surface area contributed by atoms with Gasteiger partial charge in [0.25, 0.3) is 0 Å². The van der Waals surface area contributed by atoms with Crippen molar-refractivity contribution >= 4 is 93.5 Å². The van der Waals surface area contributed by atoms with Gasteiger partial charge < -0.3 is 18.3 Å². The van der Waals surface area contributed by atoms with Gasteiger partial charge in [-0.25, -0.2) is 0 Å². The van der Waals surface area contributed by atoms with Crippen molar-refractivity contribution < 1.29 is 8.83 Å². The zero-order valence-corrected chi connectivity index (χ0v) is 30.2. The van der Waals surface area contributed by atoms with Gasteiger partial charge in [-0.3, -0.25) is 0 Å². The van der Waals surface area contributed by atoms with Gasteiger partial charge in [0.15, 0.2) is 0 Å². The molecular formula is C52H32N2O2. The third-order valence-corrected chi connectivity index (χ3v) is 11.4. The van der Waals surface area contributed by atoms with E-state index in [1.807, 2.05) is 12.1 Å². The number of nitrogens with zero attached hydrogens (tertiary/aromatic N) is 2. The highest BCUT2D eigenvalue weighted by atomic mass is 16.3. The van der Waals surface area contributed by atoms with E-state index in [0.29, 0.717) is 0 Å². The van der Waals surface area contributed by atoms with Crippen LogP contribution in [-0.4, -0.2) is 4.57 Å². The first-order chi connectivity index (χ1) is 27.8. The summed E-state index contributed by atoms with van der Waals surface area (Å²) in [6, 6.07) is 69.0. The molecule has 0 radical (unpaired) electrons. The Labute approximate surface area is 321 Å². The molecule has 0 fully saturated rings. The molecule has 4 nitrogen and oxygen atoms in total. The Kier molecular flexibility index (Phi) is 6.60. The molecular weight excluding hydrogens is 685 g/mol. The van der Waals surface area contributed by atoms with E-state index in [-0.39, 0.29) is 0 Å². The summed E-state index contributed by atoms with van der Waals surface area (Å²) < 4.78 is 15.5. The minimum Gasteiger partial charge on any atom is -0.456 e. The molecule has 0 aliphatic heterocycles. The fourth-order valence-corrected chi connectivity index (χ4v) is 8.98. The highest BCUT2D eigenvalue weighted by Gasteiger charge is 2.24. The van der Waals surface area contributed by atoms with E-state index in [2.05, 4.69) is 191 Å². The molecule has 0 aliphatic rings. The van der Waals surface area contributed by atoms with Crippen molar-refractivity contribution in [2.24, 2.45) is 0 Å². The summed E-state index contributed by atoms with van der Waals surface area (Å²) in [6.07, 6.45) is 0. The van der Waals surface area contributed by atoms with Gasteiger partial charge in [-0.15, -0.1) is 0 Å². The molecule has 4 heteroatoms. The minimum atomic E-state index is 0.848. The monoisotopic (exact) mass is 716 g/mol. The minimum absolute atomic E-state index is 0.848. The van der Waals surface area contributed by atoms with Crippen LogP contribution in [0, 0.1) is 0 Å². The van der Waals surface area contributed by atoms with Crippen LogP contribution in [0.25, 0.3) is 93.3 Å². The molecule has 0 bridgehead atoms. The third kappa shape index (κ3) is 4.47. The normalized spacial score (nSPS) is 11.9. The standard InChI is InChI=1S/C52H32N2O2/c1-2-14-36-33(13-1)27-32-42-51-46(23-12-26-49(51)56-52(36)42)54(35-30-28-34(29-31-35)53-43-20-7-3-15-37(43)38-16-4-8-21-44(38)53)45-22-9-5-17-39(45)40-19-11-25-48-50(40)41-18-6-10-24-47(41)55-48/h1-32H. The molecule has 9 aromatic carbocycles. The summed E-state index contributed by atoms with van der Waals surface area (Å²) in [6.45, 7) is 0. The molecule has 0 N–H and O–H groups in total. The zero-order chi connectivity index (χ0) is 36.7. The molecule has 262 valence electrons. The summed E-state index contributed by atoms with van der Waals surface area (Å²) in [5.74, 6) is 0. The van der Waals surface area contributed by atoms with Crippen LogP contribution in [0.5, 0.6) is 0 Å². The lowest BCUT2D eigenvalue weighted by Gasteiger charge is -2.29. The summed E-state index contributed by atoms with van der Waals surface area (Å²) in [7, 11) is 0. The lowest BCUT2D eigenvalue weighted by molar-refractivity contribution is 0.669. The van der Waals surface area contributed by atoms with Crippen molar-refractivity contribution in [3.8, 4) is 16.8 Å². The van der Waals surface area contributed by atoms with Crippen LogP contribution in [0.15, 0.2) is 203 Å². The molecule has 0 spiro atoms. The molecule has 0 amide bonds. The molecule has 3 aromatic heterocycles. The number of benzene rings is 9. The number of anilines is 3. The van der Waals surface area contributed by atoms with Crippen molar-refractivity contribution in [2.45, 2.75) is 0 Å². The average molecular weight is 717 g/mol. The summed E-state index contributed by atoms with van der Waals surface area (Å²) in [4.78, 5) is 2.40. The molecule has 0 saturated heterocycles. The van der Waals surface area contributed by atoms with Gasteiger partial charge in [-0.05, 0) is 83.7 Å². The van der Waals surface area contributed by atoms with Gasteiger partial charge in [0.2, 0.25) is 0 Å². The zero-order valence-electron chi connectivity index (χ0n) is 30.2. The SMILES string of the molecule is c1ccc(N(c2ccc(-n3c4ccccc4c4ccccc43)cc2)c2cccc3oc4c5ccccc5ccc4c23)c(-c2cccc3oc4ccccc4c23)c1. The first kappa shape index (κ1) is 30.9. The van der Waals surface area contributed by atoms with Crippen LogP contribution in [0.3, 0.4) is 0 Å². The van der Waals surface area contributed by atoms with E-state index in [1.54, 1.807) is 0 Å². The van der Waals surface area contributed by atoms with Crippen LogP contribution in [0.4, 0.5) is 17.1 Å². The van der Waals surface area contributed by atoms with Crippen molar-refractivity contribution in [2.75, 3.05) is 4.90 Å². The predicted octanol–water partition coefficient (Wildman–Crippen LogP) is 14.9. The Morgan fingerprint density at radius 2 is 0.946 bits per heavy atom. The highest BCUT2D eigenvalue weighted by molar-refractivity contribution is 6.20. The number of hydrogen-bond acceptors (Lipinski definition) is 3. The molecule has 12 aromatic rings. The Morgan fingerprint density at radius 1 is 0.357 bits per heavy atom. The van der Waals surface area contributed by atoms with Gasteiger partial charge in [0, 0.05) is 49.3 Å². The van der Waals surface area contributed by atoms with Crippen LogP contribution in [0.2, 0.25) is 0 Å². The van der Waals surface area contributed by atoms with Crippen LogP contribution >= 0.6 is 0 Å². The third-order valence-electron chi connectivity index (χ3n) is 11.4. The van der Waals surface area contributed by atoms with Gasteiger partial charge in [-0.2, -0.15) is 0 Å². The van der Waals surface area contributed by atoms with E-state index < -0.39 is 0 Å². The average Bonchev–Trinajstić information content (AvgIpc) is 3.95. The van der Waals surface area contributed by atoms with E-state index in [1.165, 1.54) is 21.8 Å². The predicted molar refractivity (Wildman–Crippen MR) is 233 cm³/mol. The van der Waals surface area contributed by atoms with E-state index in [0.717, 1.165) is 88.5 Å². The van der Waals surface area contributed by atoms with Crippen LogP contribution < -0.4 is 4.90 Å². The molecule has 12 rings (SSSR count). The fourth-order valence-electron chi connectivity index (χ4n) is 8.98. The maximum absolute atomic E-state index is 6.75. The van der Waals surface area contributed by atoms with Crippen LogP contribution in [0.1, 0.15) is 0 Å². The lowest BCUT2D eigenvalue weighted by Crippen LogP contribution is -2.12. The number of hydrogen-bond donors (Lipinski definition) is 0. The van der Waals surface area contributed by atoms with Crippen molar-refractivity contribution in [3.63, 3.8) is 0 Å². The van der Waals surface area contributed by atoms with Gasteiger partial charge in [0.05, 0.1) is 27.8 Å². The largest absolute Gasteiger partial charge is 0.456 e. The number of para-hydroxylation sites is 4. The van der Waals surface area contributed by atoms with Crippen molar-refractivity contribution in [1.82, 2.24) is 4.57 Å². The Hall–Kier alpha value is -7.56. The van der Waals surface area contributed by atoms with Crippen LogP contribution in [-0.2, 0) is 0 Å². The number of fused-ring (bicyclic) bond motifs is 11. The molecule has 56 heavy (non-hydrogen) atoms. The molecule has 0 unspecified atom stereocenters. The van der Waals surface area contributed by atoms with Gasteiger partial charge in [-0.1, -0.05) is 121 Å². The van der Waals surface area contributed by atoms with Crippen molar-refractivity contribution in [3.05, 3.63) is 194 Å². The Bertz CT molecular complexity index is 3440. The quantitative estimate of drug-likeness (QED) is 0.178. The van der Waals surface area contributed by atoms with E-state index >= 15 is 0 Å². The van der Waals surface area contributed by atoms with Gasteiger partial charge >= 0.3 is 0 Å². The number of furan rings is 2. The maximum atomic E-state index is 6.75. The maximum Gasteiger partial charge on any atom is 0.143 e. The highest BCUT2D eigenvalue weighted by Crippen LogP contribution is 2.48. The smallest absolute Gasteiger partial charge is 0.143 e. The first-order valence-corrected chi connectivity index (χ1v) is 19.0. The first-order valence-electron chi connectivity index (χ1n) is 19.0. The van der Waals surface area contributed by atoms with Crippen molar-refractivity contribution in [1.29, 1.82) is 0 Å². The summed E-state index contributed by atoms with van der Waals surface area (Å²) in [5.41, 5.74) is 12.3.